The van der Waals surface area contributed by atoms with Crippen LogP contribution >= 0.6 is 11.8 Å². The summed E-state index contributed by atoms with van der Waals surface area (Å²) < 4.78 is 5.08. The Morgan fingerprint density at radius 2 is 1.89 bits per heavy atom. The van der Waals surface area contributed by atoms with Crippen LogP contribution in [0.4, 0.5) is 5.69 Å². The van der Waals surface area contributed by atoms with Gasteiger partial charge in [0.05, 0.1) is 12.8 Å². The van der Waals surface area contributed by atoms with Gasteiger partial charge in [-0.3, -0.25) is 4.79 Å². The van der Waals surface area contributed by atoms with E-state index in [0.29, 0.717) is 10.7 Å². The number of hydrogen-bond donors (Lipinski definition) is 2. The van der Waals surface area contributed by atoms with Gasteiger partial charge in [0, 0.05) is 4.90 Å². The number of carbonyl (C=O) groups excluding carboxylic acids is 1. The van der Waals surface area contributed by atoms with Gasteiger partial charge in [-0.25, -0.2) is 4.98 Å². The normalized spacial score (nSPS) is 10.2. The highest BCUT2D eigenvalue weighted by atomic mass is 32.2. The number of ether oxygens (including phenoxy) is 1. The number of nitrogens with zero attached hydrogens (tertiary/aromatic N) is 1. The zero-order valence-electron chi connectivity index (χ0n) is 10.3. The summed E-state index contributed by atoms with van der Waals surface area (Å²) in [5.41, 5.74) is 11.7. The first-order valence-corrected chi connectivity index (χ1v) is 6.30. The fourth-order valence-corrected chi connectivity index (χ4v) is 2.25. The van der Waals surface area contributed by atoms with Crippen molar-refractivity contribution in [3.05, 3.63) is 42.1 Å². The maximum Gasteiger partial charge on any atom is 0.267 e. The fraction of sp³-hybridized carbons (Fsp3) is 0.0769. The van der Waals surface area contributed by atoms with Crippen molar-refractivity contribution in [2.75, 3.05) is 12.8 Å². The average molecular weight is 275 g/mol. The van der Waals surface area contributed by atoms with Crippen molar-refractivity contribution in [1.82, 2.24) is 4.98 Å². The second-order valence-electron chi connectivity index (χ2n) is 3.73. The number of nitrogens with two attached hydrogens (primary N) is 2. The smallest absolute Gasteiger partial charge is 0.267 e. The molecule has 19 heavy (non-hydrogen) atoms. The molecule has 4 N–H and O–H groups in total. The molecule has 0 atom stereocenters. The van der Waals surface area contributed by atoms with Crippen LogP contribution in [0.5, 0.6) is 5.75 Å². The molecule has 1 heterocycles. The highest BCUT2D eigenvalue weighted by Gasteiger charge is 2.08. The van der Waals surface area contributed by atoms with Crippen molar-refractivity contribution in [2.45, 2.75) is 9.92 Å². The molecule has 0 fully saturated rings. The maximum atomic E-state index is 11.1. The number of nitrogen functional groups attached to an aromatic ring is 1. The van der Waals surface area contributed by atoms with Crippen LogP contribution in [0.3, 0.4) is 0 Å². The number of hydrogen-bond acceptors (Lipinski definition) is 5. The molecule has 0 aliphatic rings. The van der Waals surface area contributed by atoms with Crippen molar-refractivity contribution < 1.29 is 9.53 Å². The Morgan fingerprint density at radius 1 is 1.21 bits per heavy atom. The van der Waals surface area contributed by atoms with Crippen LogP contribution in [0.1, 0.15) is 10.5 Å². The van der Waals surface area contributed by atoms with Crippen LogP contribution in [0, 0.1) is 0 Å². The van der Waals surface area contributed by atoms with Crippen LogP contribution in [-0.2, 0) is 0 Å². The van der Waals surface area contributed by atoms with Gasteiger partial charge in [0.15, 0.2) is 0 Å². The van der Waals surface area contributed by atoms with Crippen molar-refractivity contribution >= 4 is 23.4 Å². The Bertz CT molecular complexity index is 599. The summed E-state index contributed by atoms with van der Waals surface area (Å²) in [6, 6.07) is 10.6. The molecule has 5 nitrogen and oxygen atoms in total. The molecule has 1 aromatic heterocycles. The molecule has 1 aromatic carbocycles. The van der Waals surface area contributed by atoms with Gasteiger partial charge in [-0.15, -0.1) is 0 Å². The summed E-state index contributed by atoms with van der Waals surface area (Å²) in [5.74, 6) is 0.202. The number of anilines is 1. The first-order chi connectivity index (χ1) is 9.10. The van der Waals surface area contributed by atoms with Gasteiger partial charge < -0.3 is 16.2 Å². The summed E-state index contributed by atoms with van der Waals surface area (Å²) in [5, 5.41) is 0.557. The van der Waals surface area contributed by atoms with Crippen LogP contribution in [-0.4, -0.2) is 18.0 Å². The minimum absolute atomic E-state index is 0.199. The first kappa shape index (κ1) is 13.2. The molecule has 2 aromatic rings. The van der Waals surface area contributed by atoms with Gasteiger partial charge in [-0.05, 0) is 36.4 Å². The van der Waals surface area contributed by atoms with E-state index in [1.54, 1.807) is 13.2 Å². The van der Waals surface area contributed by atoms with Crippen molar-refractivity contribution in [3.8, 4) is 5.75 Å². The summed E-state index contributed by atoms with van der Waals surface area (Å²) >= 11 is 1.37. The molecule has 0 saturated carbocycles. The Labute approximate surface area is 115 Å². The molecule has 0 aliphatic carbocycles. The van der Waals surface area contributed by atoms with Gasteiger partial charge in [0.2, 0.25) is 0 Å². The zero-order valence-corrected chi connectivity index (χ0v) is 11.1. The number of aromatic nitrogens is 1. The quantitative estimate of drug-likeness (QED) is 0.889. The Morgan fingerprint density at radius 3 is 2.47 bits per heavy atom. The van der Waals surface area contributed by atoms with E-state index in [2.05, 4.69) is 4.98 Å². The lowest BCUT2D eigenvalue weighted by atomic mass is 10.3. The number of carbonyl (C=O) groups is 1. The van der Waals surface area contributed by atoms with E-state index in [9.17, 15) is 4.79 Å². The lowest BCUT2D eigenvalue weighted by Crippen LogP contribution is -2.13. The van der Waals surface area contributed by atoms with Crippen LogP contribution in [0.2, 0.25) is 0 Å². The van der Waals surface area contributed by atoms with Gasteiger partial charge in [0.1, 0.15) is 16.5 Å². The first-order valence-electron chi connectivity index (χ1n) is 5.48. The monoisotopic (exact) mass is 275 g/mol. The van der Waals surface area contributed by atoms with E-state index in [-0.39, 0.29) is 5.69 Å². The van der Waals surface area contributed by atoms with Gasteiger partial charge in [-0.1, -0.05) is 11.8 Å². The third-order valence-electron chi connectivity index (χ3n) is 2.42. The number of rotatable bonds is 4. The molecule has 0 bridgehead atoms. The highest BCUT2D eigenvalue weighted by Crippen LogP contribution is 2.31. The van der Waals surface area contributed by atoms with E-state index in [1.165, 1.54) is 17.8 Å². The average Bonchev–Trinajstić information content (AvgIpc) is 2.42. The SMILES string of the molecule is COc1ccc(Sc2nc(C(N)=O)ccc2N)cc1. The lowest BCUT2D eigenvalue weighted by Gasteiger charge is -2.06. The van der Waals surface area contributed by atoms with Crippen LogP contribution in [0.15, 0.2) is 46.3 Å². The third kappa shape index (κ3) is 3.17. The minimum Gasteiger partial charge on any atom is -0.497 e. The molecular formula is C13H13N3O2S. The van der Waals surface area contributed by atoms with Gasteiger partial charge in [-0.2, -0.15) is 0 Å². The molecule has 0 radical (unpaired) electrons. The van der Waals surface area contributed by atoms with Gasteiger partial charge >= 0.3 is 0 Å². The second kappa shape index (κ2) is 5.62. The maximum absolute atomic E-state index is 11.1. The number of amides is 1. The number of benzene rings is 1. The summed E-state index contributed by atoms with van der Waals surface area (Å²) in [4.78, 5) is 16.2. The minimum atomic E-state index is -0.573. The number of primary amides is 1. The van der Waals surface area contributed by atoms with Crippen LogP contribution < -0.4 is 16.2 Å². The van der Waals surface area contributed by atoms with Crippen molar-refractivity contribution in [2.24, 2.45) is 5.73 Å². The highest BCUT2D eigenvalue weighted by molar-refractivity contribution is 7.99. The van der Waals surface area contributed by atoms with E-state index < -0.39 is 5.91 Å². The Balaban J connectivity index is 2.26. The zero-order chi connectivity index (χ0) is 13.8. The molecule has 0 spiro atoms. The topological polar surface area (TPSA) is 91.2 Å². The van der Waals surface area contributed by atoms with Crippen molar-refractivity contribution in [1.29, 1.82) is 0 Å². The molecule has 1 amide bonds. The molecular weight excluding hydrogens is 262 g/mol. The second-order valence-corrected chi connectivity index (χ2v) is 4.79. The number of pyridine rings is 1. The molecule has 98 valence electrons. The van der Waals surface area contributed by atoms with E-state index in [1.807, 2.05) is 24.3 Å². The van der Waals surface area contributed by atoms with E-state index >= 15 is 0 Å². The predicted octanol–water partition coefficient (Wildman–Crippen LogP) is 1.92. The van der Waals surface area contributed by atoms with Crippen molar-refractivity contribution in [3.63, 3.8) is 0 Å². The Kier molecular flexibility index (Phi) is 3.91. The summed E-state index contributed by atoms with van der Waals surface area (Å²) in [7, 11) is 1.61. The van der Waals surface area contributed by atoms with E-state index in [4.69, 9.17) is 16.2 Å². The number of methoxy groups -OCH3 is 1. The summed E-state index contributed by atoms with van der Waals surface area (Å²) in [6.45, 7) is 0. The molecule has 0 unspecified atom stereocenters. The standard InChI is InChI=1S/C13H13N3O2S/c1-18-8-2-4-9(5-3-8)19-13-10(14)6-7-11(16-13)12(15)17/h2-7H,14H2,1H3,(H2,15,17). The largest absolute Gasteiger partial charge is 0.497 e. The lowest BCUT2D eigenvalue weighted by molar-refractivity contribution is 0.0995. The third-order valence-corrected chi connectivity index (χ3v) is 3.44. The molecule has 6 heteroatoms. The fourth-order valence-electron chi connectivity index (χ4n) is 1.43. The van der Waals surface area contributed by atoms with Gasteiger partial charge in [0.25, 0.3) is 5.91 Å². The van der Waals surface area contributed by atoms with Crippen LogP contribution in [0.25, 0.3) is 0 Å². The molecule has 2 rings (SSSR count). The molecule has 0 aliphatic heterocycles. The molecule has 0 saturated heterocycles. The Hall–Kier alpha value is -2.21. The van der Waals surface area contributed by atoms with E-state index in [0.717, 1.165) is 10.6 Å². The predicted molar refractivity (Wildman–Crippen MR) is 74.3 cm³/mol. The summed E-state index contributed by atoms with van der Waals surface area (Å²) in [6.07, 6.45) is 0.